The number of aromatic hydroxyl groups is 1. The molecule has 0 aromatic heterocycles. The van der Waals surface area contributed by atoms with Gasteiger partial charge in [-0.2, -0.15) is 0 Å². The van der Waals surface area contributed by atoms with Crippen LogP contribution in [0, 0.1) is 0 Å². The second kappa shape index (κ2) is 4.83. The number of hydrogen-bond acceptors (Lipinski definition) is 4. The van der Waals surface area contributed by atoms with E-state index in [1.54, 1.807) is 12.1 Å². The van der Waals surface area contributed by atoms with Gasteiger partial charge in [0, 0.05) is 6.54 Å². The molecule has 0 amide bonds. The smallest absolute Gasteiger partial charge is 0.160 e. The predicted molar refractivity (Wildman–Crippen MR) is 53.3 cm³/mol. The maximum absolute atomic E-state index is 9.49. The summed E-state index contributed by atoms with van der Waals surface area (Å²) in [4.78, 5) is 0. The molecule has 0 aliphatic heterocycles. The van der Waals surface area contributed by atoms with Crippen molar-refractivity contribution >= 4 is 0 Å². The van der Waals surface area contributed by atoms with Crippen LogP contribution in [0.5, 0.6) is 11.5 Å². The number of benzene rings is 1. The molecule has 14 heavy (non-hydrogen) atoms. The quantitative estimate of drug-likeness (QED) is 0.666. The summed E-state index contributed by atoms with van der Waals surface area (Å²) in [6, 6.07) is 4.76. The van der Waals surface area contributed by atoms with E-state index in [2.05, 4.69) is 0 Å². The van der Waals surface area contributed by atoms with E-state index in [1.165, 1.54) is 6.07 Å². The van der Waals surface area contributed by atoms with Crippen LogP contribution in [0.1, 0.15) is 18.6 Å². The average molecular weight is 197 g/mol. The number of hydrogen-bond donors (Lipinski definition) is 3. The van der Waals surface area contributed by atoms with E-state index in [4.69, 9.17) is 10.5 Å². The third-order valence-corrected chi connectivity index (χ3v) is 1.89. The Morgan fingerprint density at radius 1 is 1.50 bits per heavy atom. The van der Waals surface area contributed by atoms with Crippen molar-refractivity contribution in [1.82, 2.24) is 0 Å². The molecule has 4 nitrogen and oxygen atoms in total. The third-order valence-electron chi connectivity index (χ3n) is 1.89. The number of phenols is 1. The summed E-state index contributed by atoms with van der Waals surface area (Å²) in [5.41, 5.74) is 5.88. The molecule has 78 valence electrons. The second-order valence-corrected chi connectivity index (χ2v) is 2.91. The Bertz CT molecular complexity index is 301. The highest BCUT2D eigenvalue weighted by atomic mass is 16.5. The van der Waals surface area contributed by atoms with Crippen molar-refractivity contribution in [2.45, 2.75) is 13.0 Å². The van der Waals surface area contributed by atoms with Crippen LogP contribution in [-0.2, 0) is 0 Å². The monoisotopic (exact) mass is 197 g/mol. The molecule has 0 aliphatic rings. The lowest BCUT2D eigenvalue weighted by Gasteiger charge is -2.10. The summed E-state index contributed by atoms with van der Waals surface area (Å²) in [5.74, 6) is 0.442. The fourth-order valence-electron chi connectivity index (χ4n) is 1.16. The van der Waals surface area contributed by atoms with Gasteiger partial charge in [0.25, 0.3) is 0 Å². The number of nitrogens with two attached hydrogens (primary N) is 1. The molecule has 0 fully saturated rings. The van der Waals surface area contributed by atoms with Crippen molar-refractivity contribution in [3.05, 3.63) is 23.8 Å². The number of phenolic OH excluding ortho intramolecular Hbond substituents is 1. The minimum absolute atomic E-state index is 0.0249. The SMILES string of the molecule is CCOc1ccc(C(O)CN)cc1O. The summed E-state index contributed by atoms with van der Waals surface area (Å²) < 4.78 is 5.14. The van der Waals surface area contributed by atoms with E-state index >= 15 is 0 Å². The average Bonchev–Trinajstić information content (AvgIpc) is 2.20. The van der Waals surface area contributed by atoms with E-state index in [9.17, 15) is 10.2 Å². The van der Waals surface area contributed by atoms with Crippen molar-refractivity contribution in [3.63, 3.8) is 0 Å². The lowest BCUT2D eigenvalue weighted by atomic mass is 10.1. The van der Waals surface area contributed by atoms with Gasteiger partial charge < -0.3 is 20.7 Å². The summed E-state index contributed by atoms with van der Waals surface area (Å²) in [7, 11) is 0. The van der Waals surface area contributed by atoms with Crippen molar-refractivity contribution in [2.24, 2.45) is 5.73 Å². The van der Waals surface area contributed by atoms with Crippen LogP contribution in [0.25, 0.3) is 0 Å². The molecule has 1 atom stereocenters. The highest BCUT2D eigenvalue weighted by Crippen LogP contribution is 2.28. The molecule has 1 aromatic rings. The summed E-state index contributed by atoms with van der Waals surface area (Å²) in [6.45, 7) is 2.46. The molecule has 1 unspecified atom stereocenters. The Balaban J connectivity index is 2.88. The van der Waals surface area contributed by atoms with Gasteiger partial charge in [0.2, 0.25) is 0 Å². The van der Waals surface area contributed by atoms with Crippen LogP contribution < -0.4 is 10.5 Å². The van der Waals surface area contributed by atoms with Crippen LogP contribution in [0.2, 0.25) is 0 Å². The standard InChI is InChI=1S/C10H15NO3/c1-2-14-10-4-3-7(5-8(10)12)9(13)6-11/h3-5,9,12-13H,2,6,11H2,1H3. The lowest BCUT2D eigenvalue weighted by molar-refractivity contribution is 0.186. The highest BCUT2D eigenvalue weighted by Gasteiger charge is 2.08. The maximum Gasteiger partial charge on any atom is 0.160 e. The molecule has 0 spiro atoms. The molecule has 0 bridgehead atoms. The van der Waals surface area contributed by atoms with Gasteiger partial charge in [0.15, 0.2) is 11.5 Å². The van der Waals surface area contributed by atoms with E-state index in [1.807, 2.05) is 6.92 Å². The zero-order valence-electron chi connectivity index (χ0n) is 8.10. The van der Waals surface area contributed by atoms with Crippen LogP contribution in [-0.4, -0.2) is 23.4 Å². The number of aliphatic hydroxyl groups is 1. The third kappa shape index (κ3) is 2.37. The first-order valence-corrected chi connectivity index (χ1v) is 4.52. The normalized spacial score (nSPS) is 12.5. The Labute approximate surface area is 82.9 Å². The molecular weight excluding hydrogens is 182 g/mol. The first-order valence-electron chi connectivity index (χ1n) is 4.52. The molecule has 0 heterocycles. The van der Waals surface area contributed by atoms with E-state index in [-0.39, 0.29) is 12.3 Å². The lowest BCUT2D eigenvalue weighted by Crippen LogP contribution is -2.11. The number of rotatable bonds is 4. The highest BCUT2D eigenvalue weighted by molar-refractivity contribution is 5.42. The van der Waals surface area contributed by atoms with E-state index in [0.29, 0.717) is 17.9 Å². The van der Waals surface area contributed by atoms with E-state index < -0.39 is 6.10 Å². The molecule has 0 saturated carbocycles. The van der Waals surface area contributed by atoms with Gasteiger partial charge in [-0.1, -0.05) is 6.07 Å². The zero-order valence-corrected chi connectivity index (χ0v) is 8.10. The van der Waals surface area contributed by atoms with Crippen molar-refractivity contribution in [3.8, 4) is 11.5 Å². The van der Waals surface area contributed by atoms with Crippen molar-refractivity contribution in [2.75, 3.05) is 13.2 Å². The molecule has 4 N–H and O–H groups in total. The van der Waals surface area contributed by atoms with Gasteiger partial charge in [-0.25, -0.2) is 0 Å². The fourth-order valence-corrected chi connectivity index (χ4v) is 1.16. The van der Waals surface area contributed by atoms with Gasteiger partial charge in [-0.15, -0.1) is 0 Å². The zero-order chi connectivity index (χ0) is 10.6. The fraction of sp³-hybridized carbons (Fsp3) is 0.400. The minimum atomic E-state index is -0.739. The Morgan fingerprint density at radius 3 is 2.71 bits per heavy atom. The number of ether oxygens (including phenoxy) is 1. The van der Waals surface area contributed by atoms with Gasteiger partial charge >= 0.3 is 0 Å². The molecular formula is C10H15NO3. The Kier molecular flexibility index (Phi) is 3.73. The molecule has 4 heteroatoms. The van der Waals surface area contributed by atoms with Crippen molar-refractivity contribution < 1.29 is 14.9 Å². The van der Waals surface area contributed by atoms with E-state index in [0.717, 1.165) is 0 Å². The Morgan fingerprint density at radius 2 is 2.21 bits per heavy atom. The van der Waals surface area contributed by atoms with Gasteiger partial charge in [0.1, 0.15) is 0 Å². The van der Waals surface area contributed by atoms with Crippen LogP contribution in [0.4, 0.5) is 0 Å². The summed E-state index contributed by atoms with van der Waals surface area (Å²) in [6.07, 6.45) is -0.739. The Hall–Kier alpha value is -1.26. The molecule has 1 aromatic carbocycles. The van der Waals surface area contributed by atoms with Gasteiger partial charge in [-0.05, 0) is 24.6 Å². The van der Waals surface area contributed by atoms with Crippen molar-refractivity contribution in [1.29, 1.82) is 0 Å². The largest absolute Gasteiger partial charge is 0.504 e. The predicted octanol–water partition coefficient (Wildman–Crippen LogP) is 0.783. The minimum Gasteiger partial charge on any atom is -0.504 e. The van der Waals surface area contributed by atoms with Gasteiger partial charge in [-0.3, -0.25) is 0 Å². The number of aliphatic hydroxyl groups excluding tert-OH is 1. The topological polar surface area (TPSA) is 75.7 Å². The van der Waals surface area contributed by atoms with Gasteiger partial charge in [0.05, 0.1) is 12.7 Å². The molecule has 0 saturated heterocycles. The van der Waals surface area contributed by atoms with Crippen LogP contribution in [0.3, 0.4) is 0 Å². The maximum atomic E-state index is 9.49. The summed E-state index contributed by atoms with van der Waals surface area (Å²) in [5, 5.41) is 18.9. The first kappa shape index (κ1) is 10.8. The van der Waals surface area contributed by atoms with Crippen LogP contribution in [0.15, 0.2) is 18.2 Å². The summed E-state index contributed by atoms with van der Waals surface area (Å²) >= 11 is 0. The molecule has 1 rings (SSSR count). The first-order chi connectivity index (χ1) is 6.69. The molecule has 0 radical (unpaired) electrons. The second-order valence-electron chi connectivity index (χ2n) is 2.91. The van der Waals surface area contributed by atoms with Crippen LogP contribution >= 0.6 is 0 Å². The molecule has 0 aliphatic carbocycles.